The summed E-state index contributed by atoms with van der Waals surface area (Å²) in [5.41, 5.74) is 1.73. The molecule has 2 aromatic carbocycles. The highest BCUT2D eigenvalue weighted by molar-refractivity contribution is 8.18. The van der Waals surface area contributed by atoms with E-state index in [1.807, 2.05) is 37.3 Å². The number of thioether (sulfide) groups is 1. The standard InChI is InChI=1S/C21H19NO5S/c1-2-26-17-12-15(13-18-20(24)22-21(25)28-18)8-10-16(17)27-19(23)11-9-14-6-4-3-5-7-14/h3-8,10,12-13H,2,9,11H2,1H3,(H,22,24,25)/b18-13-. The smallest absolute Gasteiger partial charge is 0.311 e. The average Bonchev–Trinajstić information content (AvgIpc) is 3.00. The number of benzene rings is 2. The summed E-state index contributed by atoms with van der Waals surface area (Å²) in [6.45, 7) is 2.22. The lowest BCUT2D eigenvalue weighted by molar-refractivity contribution is -0.134. The molecule has 3 rings (SSSR count). The van der Waals surface area contributed by atoms with Crippen molar-refractivity contribution in [1.82, 2.24) is 5.32 Å². The fraction of sp³-hybridized carbons (Fsp3) is 0.190. The maximum atomic E-state index is 12.2. The number of hydrogen-bond acceptors (Lipinski definition) is 6. The molecule has 0 radical (unpaired) electrons. The van der Waals surface area contributed by atoms with Gasteiger partial charge in [-0.25, -0.2) is 0 Å². The summed E-state index contributed by atoms with van der Waals surface area (Å²) in [6, 6.07) is 14.7. The molecule has 7 heteroatoms. The first kappa shape index (κ1) is 19.7. The molecule has 28 heavy (non-hydrogen) atoms. The van der Waals surface area contributed by atoms with Crippen LogP contribution in [0.2, 0.25) is 0 Å². The van der Waals surface area contributed by atoms with E-state index in [-0.39, 0.29) is 12.4 Å². The van der Waals surface area contributed by atoms with Gasteiger partial charge in [0.25, 0.3) is 11.1 Å². The van der Waals surface area contributed by atoms with E-state index in [9.17, 15) is 14.4 Å². The Morgan fingerprint density at radius 2 is 1.89 bits per heavy atom. The van der Waals surface area contributed by atoms with E-state index >= 15 is 0 Å². The highest BCUT2D eigenvalue weighted by Crippen LogP contribution is 2.32. The van der Waals surface area contributed by atoms with Crippen LogP contribution in [0.3, 0.4) is 0 Å². The van der Waals surface area contributed by atoms with E-state index < -0.39 is 11.1 Å². The molecule has 0 aliphatic carbocycles. The van der Waals surface area contributed by atoms with Crippen LogP contribution in [0.25, 0.3) is 6.08 Å². The molecule has 1 aliphatic rings. The summed E-state index contributed by atoms with van der Waals surface area (Å²) in [5.74, 6) is -0.0575. The molecule has 0 spiro atoms. The summed E-state index contributed by atoms with van der Waals surface area (Å²) in [4.78, 5) is 35.5. The van der Waals surface area contributed by atoms with Gasteiger partial charge >= 0.3 is 5.97 Å². The molecule has 0 saturated carbocycles. The molecule has 144 valence electrons. The maximum absolute atomic E-state index is 12.2. The Bertz CT molecular complexity index is 924. The minimum Gasteiger partial charge on any atom is -0.490 e. The van der Waals surface area contributed by atoms with Crippen molar-refractivity contribution in [3.63, 3.8) is 0 Å². The topological polar surface area (TPSA) is 81.7 Å². The van der Waals surface area contributed by atoms with Gasteiger partial charge in [0.05, 0.1) is 11.5 Å². The van der Waals surface area contributed by atoms with Gasteiger partial charge in [0, 0.05) is 6.42 Å². The van der Waals surface area contributed by atoms with Gasteiger partial charge in [0.15, 0.2) is 11.5 Å². The van der Waals surface area contributed by atoms with Crippen molar-refractivity contribution in [3.8, 4) is 11.5 Å². The Balaban J connectivity index is 1.70. The number of aryl methyl sites for hydroxylation is 1. The van der Waals surface area contributed by atoms with Crippen molar-refractivity contribution >= 4 is 35.0 Å². The third-order valence-electron chi connectivity index (χ3n) is 3.89. The Kier molecular flexibility index (Phi) is 6.49. The van der Waals surface area contributed by atoms with E-state index in [1.54, 1.807) is 24.3 Å². The number of nitrogens with one attached hydrogen (secondary N) is 1. The highest BCUT2D eigenvalue weighted by Gasteiger charge is 2.25. The van der Waals surface area contributed by atoms with E-state index in [0.29, 0.717) is 35.0 Å². The molecule has 6 nitrogen and oxygen atoms in total. The van der Waals surface area contributed by atoms with E-state index in [1.165, 1.54) is 0 Å². The van der Waals surface area contributed by atoms with Crippen LogP contribution in [-0.2, 0) is 16.0 Å². The molecule has 1 heterocycles. The fourth-order valence-corrected chi connectivity index (χ4v) is 3.29. The van der Waals surface area contributed by atoms with E-state index in [0.717, 1.165) is 17.3 Å². The van der Waals surface area contributed by atoms with Crippen molar-refractivity contribution in [2.45, 2.75) is 19.8 Å². The van der Waals surface area contributed by atoms with Crippen LogP contribution in [-0.4, -0.2) is 23.7 Å². The number of esters is 1. The van der Waals surface area contributed by atoms with E-state index in [2.05, 4.69) is 5.32 Å². The molecule has 0 unspecified atom stereocenters. The summed E-state index contributed by atoms with van der Waals surface area (Å²) in [6.07, 6.45) is 2.43. The Morgan fingerprint density at radius 3 is 2.57 bits per heavy atom. The minimum absolute atomic E-state index is 0.250. The van der Waals surface area contributed by atoms with Gasteiger partial charge in [0.1, 0.15) is 0 Å². The SMILES string of the molecule is CCOc1cc(/C=C2\SC(=O)NC2=O)ccc1OC(=O)CCc1ccccc1. The van der Waals surface area contributed by atoms with Gasteiger partial charge in [-0.2, -0.15) is 0 Å². The number of ether oxygens (including phenoxy) is 2. The fourth-order valence-electron chi connectivity index (χ4n) is 2.60. The van der Waals surface area contributed by atoms with Gasteiger partial charge in [-0.1, -0.05) is 36.4 Å². The van der Waals surface area contributed by atoms with Gasteiger partial charge in [-0.05, 0) is 54.4 Å². The van der Waals surface area contributed by atoms with Crippen LogP contribution in [0.4, 0.5) is 4.79 Å². The normalized spacial score (nSPS) is 14.8. The molecular weight excluding hydrogens is 378 g/mol. The number of rotatable bonds is 7. The van der Waals surface area contributed by atoms with Gasteiger partial charge in [-0.15, -0.1) is 0 Å². The first-order valence-electron chi connectivity index (χ1n) is 8.81. The largest absolute Gasteiger partial charge is 0.490 e. The highest BCUT2D eigenvalue weighted by atomic mass is 32.2. The lowest BCUT2D eigenvalue weighted by Gasteiger charge is -2.11. The average molecular weight is 397 g/mol. The van der Waals surface area contributed by atoms with Crippen molar-refractivity contribution in [1.29, 1.82) is 0 Å². The van der Waals surface area contributed by atoms with Crippen molar-refractivity contribution in [2.24, 2.45) is 0 Å². The van der Waals surface area contributed by atoms with Gasteiger partial charge in [-0.3, -0.25) is 19.7 Å². The van der Waals surface area contributed by atoms with E-state index in [4.69, 9.17) is 9.47 Å². The maximum Gasteiger partial charge on any atom is 0.311 e. The second-order valence-corrected chi connectivity index (χ2v) is 6.97. The zero-order chi connectivity index (χ0) is 19.9. The van der Waals surface area contributed by atoms with Crippen LogP contribution in [0.15, 0.2) is 53.4 Å². The summed E-state index contributed by atoms with van der Waals surface area (Å²) < 4.78 is 11.0. The zero-order valence-corrected chi connectivity index (χ0v) is 16.1. The van der Waals surface area contributed by atoms with Crippen LogP contribution in [0.1, 0.15) is 24.5 Å². The second-order valence-electron chi connectivity index (χ2n) is 5.95. The quantitative estimate of drug-likeness (QED) is 0.433. The molecule has 0 aromatic heterocycles. The summed E-state index contributed by atoms with van der Waals surface area (Å²) >= 11 is 0.842. The molecule has 0 bridgehead atoms. The third kappa shape index (κ3) is 5.23. The van der Waals surface area contributed by atoms with Crippen molar-refractivity contribution in [2.75, 3.05) is 6.61 Å². The lowest BCUT2D eigenvalue weighted by atomic mass is 10.1. The number of amides is 2. The molecule has 1 saturated heterocycles. The van der Waals surface area contributed by atoms with Crippen molar-refractivity contribution in [3.05, 3.63) is 64.6 Å². The summed E-state index contributed by atoms with van der Waals surface area (Å²) in [5, 5.41) is 1.81. The van der Waals surface area contributed by atoms with Crippen LogP contribution in [0.5, 0.6) is 11.5 Å². The number of carbonyl (C=O) groups is 3. The summed E-state index contributed by atoms with van der Waals surface area (Å²) in [7, 11) is 0. The Morgan fingerprint density at radius 1 is 1.11 bits per heavy atom. The molecule has 1 N–H and O–H groups in total. The molecule has 2 amide bonds. The predicted molar refractivity (Wildman–Crippen MR) is 107 cm³/mol. The van der Waals surface area contributed by atoms with Crippen LogP contribution >= 0.6 is 11.8 Å². The van der Waals surface area contributed by atoms with Crippen LogP contribution in [0, 0.1) is 0 Å². The number of imide groups is 1. The molecule has 2 aromatic rings. The first-order valence-corrected chi connectivity index (χ1v) is 9.63. The molecule has 1 fully saturated rings. The Hall–Kier alpha value is -3.06. The monoisotopic (exact) mass is 397 g/mol. The lowest BCUT2D eigenvalue weighted by Crippen LogP contribution is -2.17. The predicted octanol–water partition coefficient (Wildman–Crippen LogP) is 3.95. The van der Waals surface area contributed by atoms with Crippen molar-refractivity contribution < 1.29 is 23.9 Å². The molecule has 1 aliphatic heterocycles. The number of carbonyl (C=O) groups excluding carboxylic acids is 3. The third-order valence-corrected chi connectivity index (χ3v) is 4.70. The van der Waals surface area contributed by atoms with Crippen LogP contribution < -0.4 is 14.8 Å². The minimum atomic E-state index is -0.427. The zero-order valence-electron chi connectivity index (χ0n) is 15.3. The second kappa shape index (κ2) is 9.23. The molecular formula is C21H19NO5S. The Labute approximate surface area is 166 Å². The van der Waals surface area contributed by atoms with Gasteiger partial charge < -0.3 is 9.47 Å². The number of hydrogen-bond donors (Lipinski definition) is 1. The molecule has 0 atom stereocenters. The first-order chi connectivity index (χ1) is 13.5. The van der Waals surface area contributed by atoms with Gasteiger partial charge in [0.2, 0.25) is 0 Å².